The Morgan fingerprint density at radius 3 is 2.35 bits per heavy atom. The van der Waals surface area contributed by atoms with Crippen LogP contribution < -0.4 is 10.6 Å². The van der Waals surface area contributed by atoms with Crippen LogP contribution in [0.2, 0.25) is 0 Å². The number of piperidine rings is 1. The van der Waals surface area contributed by atoms with E-state index in [4.69, 9.17) is 0 Å². The summed E-state index contributed by atoms with van der Waals surface area (Å²) in [6.07, 6.45) is 9.04. The number of carbonyl (C=O) groups is 1. The van der Waals surface area contributed by atoms with Crippen LogP contribution in [0.3, 0.4) is 0 Å². The topological polar surface area (TPSA) is 41.1 Å². The Bertz CT molecular complexity index is 266. The summed E-state index contributed by atoms with van der Waals surface area (Å²) in [5, 5.41) is 6.51. The zero-order chi connectivity index (χ0) is 11.7. The normalized spacial score (nSPS) is 29.4. The van der Waals surface area contributed by atoms with Crippen molar-refractivity contribution in [2.24, 2.45) is 17.8 Å². The summed E-state index contributed by atoms with van der Waals surface area (Å²) in [4.78, 5) is 12.0. The highest BCUT2D eigenvalue weighted by Crippen LogP contribution is 2.48. The minimum Gasteiger partial charge on any atom is -0.354 e. The summed E-state index contributed by atoms with van der Waals surface area (Å²) in [6, 6.07) is 0.0859. The second-order valence-electron chi connectivity index (χ2n) is 6.09. The number of hydrogen-bond acceptors (Lipinski definition) is 2. The minimum absolute atomic E-state index is 0.0859. The van der Waals surface area contributed by atoms with Crippen LogP contribution in [0, 0.1) is 17.8 Å². The lowest BCUT2D eigenvalue weighted by molar-refractivity contribution is -0.123. The van der Waals surface area contributed by atoms with E-state index in [1.165, 1.54) is 38.5 Å². The monoisotopic (exact) mass is 236 g/mol. The van der Waals surface area contributed by atoms with Crippen LogP contribution in [0.1, 0.15) is 44.9 Å². The van der Waals surface area contributed by atoms with Crippen LogP contribution in [-0.4, -0.2) is 25.0 Å². The SMILES string of the molecule is O=C(NCC(C1CC1)C1CC1)[C@H]1CCCCN1. The van der Waals surface area contributed by atoms with E-state index in [0.29, 0.717) is 0 Å². The number of rotatable bonds is 5. The van der Waals surface area contributed by atoms with Gasteiger partial charge in [0.25, 0.3) is 0 Å². The van der Waals surface area contributed by atoms with Crippen LogP contribution >= 0.6 is 0 Å². The fourth-order valence-electron chi connectivity index (χ4n) is 3.18. The van der Waals surface area contributed by atoms with Gasteiger partial charge in [0.2, 0.25) is 5.91 Å². The second-order valence-corrected chi connectivity index (χ2v) is 6.09. The Labute approximate surface area is 104 Å². The van der Waals surface area contributed by atoms with Crippen molar-refractivity contribution in [3.8, 4) is 0 Å². The molecule has 1 aliphatic heterocycles. The molecule has 1 amide bonds. The van der Waals surface area contributed by atoms with Gasteiger partial charge in [0.15, 0.2) is 0 Å². The van der Waals surface area contributed by atoms with Crippen molar-refractivity contribution in [2.75, 3.05) is 13.1 Å². The maximum Gasteiger partial charge on any atom is 0.237 e. The highest BCUT2D eigenvalue weighted by atomic mass is 16.2. The van der Waals surface area contributed by atoms with Crippen molar-refractivity contribution >= 4 is 5.91 Å². The Kier molecular flexibility index (Phi) is 3.37. The van der Waals surface area contributed by atoms with Gasteiger partial charge in [-0.15, -0.1) is 0 Å². The smallest absolute Gasteiger partial charge is 0.237 e. The van der Waals surface area contributed by atoms with Gasteiger partial charge in [0, 0.05) is 6.54 Å². The average Bonchev–Trinajstić information content (AvgIpc) is 3.24. The summed E-state index contributed by atoms with van der Waals surface area (Å²) in [5.74, 6) is 2.91. The van der Waals surface area contributed by atoms with Gasteiger partial charge in [-0.25, -0.2) is 0 Å². The Morgan fingerprint density at radius 1 is 1.12 bits per heavy atom. The first kappa shape index (κ1) is 11.5. The number of amides is 1. The number of carbonyl (C=O) groups excluding carboxylic acids is 1. The van der Waals surface area contributed by atoms with Crippen molar-refractivity contribution < 1.29 is 4.79 Å². The first-order valence-corrected chi connectivity index (χ1v) is 7.35. The van der Waals surface area contributed by atoms with Crippen molar-refractivity contribution in [2.45, 2.75) is 51.0 Å². The van der Waals surface area contributed by atoms with Crippen LogP contribution in [0.15, 0.2) is 0 Å². The largest absolute Gasteiger partial charge is 0.354 e. The lowest BCUT2D eigenvalue weighted by Crippen LogP contribution is -2.47. The standard InChI is InChI=1S/C14H24N2O/c17-14(13-3-1-2-8-15-13)16-9-12(10-4-5-10)11-6-7-11/h10-13,15H,1-9H2,(H,16,17)/t13-/m1/s1. The predicted molar refractivity (Wildman–Crippen MR) is 67.6 cm³/mol. The molecule has 0 bridgehead atoms. The van der Waals surface area contributed by atoms with E-state index in [9.17, 15) is 4.79 Å². The molecule has 1 heterocycles. The van der Waals surface area contributed by atoms with Gasteiger partial charge in [0.05, 0.1) is 6.04 Å². The molecule has 0 unspecified atom stereocenters. The molecule has 3 nitrogen and oxygen atoms in total. The van der Waals surface area contributed by atoms with Crippen LogP contribution in [0.25, 0.3) is 0 Å². The van der Waals surface area contributed by atoms with Gasteiger partial charge in [-0.2, -0.15) is 0 Å². The van der Waals surface area contributed by atoms with Gasteiger partial charge in [0.1, 0.15) is 0 Å². The molecule has 96 valence electrons. The third-order valence-electron chi connectivity index (χ3n) is 4.59. The molecule has 3 rings (SSSR count). The molecule has 3 fully saturated rings. The quantitative estimate of drug-likeness (QED) is 0.762. The van der Waals surface area contributed by atoms with E-state index in [0.717, 1.165) is 37.3 Å². The Morgan fingerprint density at radius 2 is 1.82 bits per heavy atom. The molecular weight excluding hydrogens is 212 g/mol. The Balaban J connectivity index is 1.44. The molecule has 0 aromatic rings. The maximum absolute atomic E-state index is 12.0. The molecular formula is C14H24N2O. The fraction of sp³-hybridized carbons (Fsp3) is 0.929. The molecule has 3 aliphatic rings. The molecule has 0 aromatic carbocycles. The minimum atomic E-state index is 0.0859. The zero-order valence-corrected chi connectivity index (χ0v) is 10.6. The lowest BCUT2D eigenvalue weighted by atomic mass is 9.97. The van der Waals surface area contributed by atoms with E-state index in [1.807, 2.05) is 0 Å². The van der Waals surface area contributed by atoms with Crippen LogP contribution in [0.4, 0.5) is 0 Å². The summed E-state index contributed by atoms with van der Waals surface area (Å²) in [7, 11) is 0. The number of nitrogens with one attached hydrogen (secondary N) is 2. The molecule has 17 heavy (non-hydrogen) atoms. The van der Waals surface area contributed by atoms with E-state index >= 15 is 0 Å². The third-order valence-corrected chi connectivity index (χ3v) is 4.59. The molecule has 0 spiro atoms. The molecule has 3 heteroatoms. The van der Waals surface area contributed by atoms with Gasteiger partial charge in [-0.05, 0) is 62.8 Å². The van der Waals surface area contributed by atoms with Crippen molar-refractivity contribution in [3.63, 3.8) is 0 Å². The van der Waals surface area contributed by atoms with Crippen LogP contribution in [-0.2, 0) is 4.79 Å². The van der Waals surface area contributed by atoms with Gasteiger partial charge in [-0.1, -0.05) is 6.42 Å². The van der Waals surface area contributed by atoms with E-state index in [-0.39, 0.29) is 11.9 Å². The molecule has 2 aliphatic carbocycles. The molecule has 0 aromatic heterocycles. The predicted octanol–water partition coefficient (Wildman–Crippen LogP) is 1.68. The van der Waals surface area contributed by atoms with Crippen molar-refractivity contribution in [1.29, 1.82) is 0 Å². The van der Waals surface area contributed by atoms with Gasteiger partial charge in [-0.3, -0.25) is 4.79 Å². The van der Waals surface area contributed by atoms with E-state index in [1.54, 1.807) is 0 Å². The lowest BCUT2D eigenvalue weighted by Gasteiger charge is -2.24. The molecule has 2 saturated carbocycles. The van der Waals surface area contributed by atoms with Gasteiger partial charge >= 0.3 is 0 Å². The first-order chi connectivity index (χ1) is 8.34. The van der Waals surface area contributed by atoms with Crippen LogP contribution in [0.5, 0.6) is 0 Å². The molecule has 1 atom stereocenters. The fourth-order valence-corrected chi connectivity index (χ4v) is 3.18. The van der Waals surface area contributed by atoms with Gasteiger partial charge < -0.3 is 10.6 Å². The average molecular weight is 236 g/mol. The zero-order valence-electron chi connectivity index (χ0n) is 10.6. The summed E-state index contributed by atoms with van der Waals surface area (Å²) < 4.78 is 0. The second kappa shape index (κ2) is 4.97. The molecule has 0 radical (unpaired) electrons. The molecule has 2 N–H and O–H groups in total. The highest BCUT2D eigenvalue weighted by Gasteiger charge is 2.41. The number of hydrogen-bond donors (Lipinski definition) is 2. The Hall–Kier alpha value is -0.570. The third kappa shape index (κ3) is 3.01. The maximum atomic E-state index is 12.0. The van der Waals surface area contributed by atoms with Crippen molar-refractivity contribution in [1.82, 2.24) is 10.6 Å². The van der Waals surface area contributed by atoms with E-state index < -0.39 is 0 Å². The van der Waals surface area contributed by atoms with E-state index in [2.05, 4.69) is 10.6 Å². The summed E-state index contributed by atoms with van der Waals surface area (Å²) in [5.41, 5.74) is 0. The molecule has 1 saturated heterocycles. The first-order valence-electron chi connectivity index (χ1n) is 7.35. The highest BCUT2D eigenvalue weighted by molar-refractivity contribution is 5.81. The van der Waals surface area contributed by atoms with Crippen molar-refractivity contribution in [3.05, 3.63) is 0 Å². The summed E-state index contributed by atoms with van der Waals surface area (Å²) in [6.45, 7) is 1.94. The summed E-state index contributed by atoms with van der Waals surface area (Å²) >= 11 is 0.